The smallest absolute Gasteiger partial charge is 0.238 e. The van der Waals surface area contributed by atoms with E-state index >= 15 is 0 Å². The minimum atomic E-state index is -3.78. The van der Waals surface area contributed by atoms with Gasteiger partial charge in [-0.15, -0.1) is 0 Å². The van der Waals surface area contributed by atoms with E-state index in [0.717, 1.165) is 12.8 Å². The van der Waals surface area contributed by atoms with Crippen LogP contribution in [0, 0.1) is 0 Å². The lowest BCUT2D eigenvalue weighted by molar-refractivity contribution is -0.127. The molecule has 0 saturated heterocycles. The summed E-state index contributed by atoms with van der Waals surface area (Å²) in [6.07, 6.45) is 1.87. The molecule has 2 aromatic rings. The monoisotopic (exact) mass is 308 g/mol. The highest BCUT2D eigenvalue weighted by Gasteiger charge is 2.32. The summed E-state index contributed by atoms with van der Waals surface area (Å²) in [5.41, 5.74) is 7.20. The average molecular weight is 308 g/mol. The molecule has 1 fully saturated rings. The highest BCUT2D eigenvalue weighted by atomic mass is 32.2. The van der Waals surface area contributed by atoms with Crippen LogP contribution in [-0.2, 0) is 14.6 Å². The third-order valence-corrected chi connectivity index (χ3v) is 4.99. The zero-order valence-electron chi connectivity index (χ0n) is 11.5. The van der Waals surface area contributed by atoms with E-state index in [1.165, 1.54) is 4.90 Å². The lowest BCUT2D eigenvalue weighted by Gasteiger charge is -2.15. The number of H-pyrrole nitrogens is 1. The van der Waals surface area contributed by atoms with Gasteiger partial charge in [-0.25, -0.2) is 13.4 Å². The summed E-state index contributed by atoms with van der Waals surface area (Å²) in [6.45, 7) is 0. The first-order valence-electron chi connectivity index (χ1n) is 6.60. The third-order valence-electron chi connectivity index (χ3n) is 3.58. The summed E-state index contributed by atoms with van der Waals surface area (Å²) in [7, 11) is -2.15. The van der Waals surface area contributed by atoms with Crippen molar-refractivity contribution in [3.05, 3.63) is 18.2 Å². The predicted molar refractivity (Wildman–Crippen MR) is 78.4 cm³/mol. The van der Waals surface area contributed by atoms with Crippen LogP contribution in [0.25, 0.3) is 11.0 Å². The molecular formula is C13H16N4O3S. The number of aromatic nitrogens is 2. The molecule has 0 aliphatic heterocycles. The highest BCUT2D eigenvalue weighted by molar-refractivity contribution is 7.91. The van der Waals surface area contributed by atoms with Crippen molar-refractivity contribution in [3.8, 4) is 0 Å². The summed E-state index contributed by atoms with van der Waals surface area (Å²) in [6, 6.07) is 5.08. The van der Waals surface area contributed by atoms with Crippen LogP contribution in [-0.4, -0.2) is 48.0 Å². The van der Waals surface area contributed by atoms with Gasteiger partial charge in [0.1, 0.15) is 5.75 Å². The number of aromatic amines is 1. The number of imidazole rings is 1. The van der Waals surface area contributed by atoms with Gasteiger partial charge in [0.15, 0.2) is 0 Å². The van der Waals surface area contributed by atoms with E-state index in [0.29, 0.717) is 16.7 Å². The van der Waals surface area contributed by atoms with Crippen molar-refractivity contribution >= 4 is 32.5 Å². The van der Waals surface area contributed by atoms with Crippen molar-refractivity contribution in [1.82, 2.24) is 14.9 Å². The van der Waals surface area contributed by atoms with Gasteiger partial charge in [-0.3, -0.25) is 4.79 Å². The molecule has 8 heteroatoms. The molecule has 3 rings (SSSR count). The molecule has 0 atom stereocenters. The third kappa shape index (κ3) is 2.71. The Bertz CT molecular complexity index is 808. The topological polar surface area (TPSA) is 109 Å². The van der Waals surface area contributed by atoms with Crippen molar-refractivity contribution in [2.45, 2.75) is 24.0 Å². The van der Waals surface area contributed by atoms with Gasteiger partial charge in [-0.05, 0) is 31.0 Å². The molecule has 0 spiro atoms. The largest absolute Gasteiger partial charge is 0.399 e. The summed E-state index contributed by atoms with van der Waals surface area (Å²) in [5.74, 6) is -0.979. The Morgan fingerprint density at radius 2 is 2.19 bits per heavy atom. The van der Waals surface area contributed by atoms with E-state index in [2.05, 4.69) is 9.97 Å². The van der Waals surface area contributed by atoms with Gasteiger partial charge in [0.2, 0.25) is 20.9 Å². The molecule has 1 amide bonds. The molecule has 0 bridgehead atoms. The molecule has 3 N–H and O–H groups in total. The van der Waals surface area contributed by atoms with E-state index in [-0.39, 0.29) is 11.2 Å². The Balaban J connectivity index is 1.87. The number of hydrogen-bond acceptors (Lipinski definition) is 5. The minimum absolute atomic E-state index is 0.183. The number of sulfone groups is 1. The second kappa shape index (κ2) is 4.73. The maximum atomic E-state index is 12.3. The Morgan fingerprint density at radius 1 is 1.48 bits per heavy atom. The number of nitrogens with two attached hydrogens (primary N) is 1. The normalized spacial score (nSPS) is 15.3. The quantitative estimate of drug-likeness (QED) is 0.801. The molecule has 1 heterocycles. The van der Waals surface area contributed by atoms with Gasteiger partial charge in [-0.2, -0.15) is 0 Å². The highest BCUT2D eigenvalue weighted by Crippen LogP contribution is 2.26. The first kappa shape index (κ1) is 13.9. The number of carbonyl (C=O) groups excluding carboxylic acids is 1. The Kier molecular flexibility index (Phi) is 3.12. The molecular weight excluding hydrogens is 292 g/mol. The number of benzene rings is 1. The van der Waals surface area contributed by atoms with Crippen LogP contribution in [0.3, 0.4) is 0 Å². The van der Waals surface area contributed by atoms with Crippen LogP contribution in [0.5, 0.6) is 0 Å². The van der Waals surface area contributed by atoms with E-state index in [4.69, 9.17) is 5.73 Å². The zero-order chi connectivity index (χ0) is 15.2. The van der Waals surface area contributed by atoms with Crippen molar-refractivity contribution in [3.63, 3.8) is 0 Å². The molecule has 1 aromatic carbocycles. The Hall–Kier alpha value is -2.09. The number of carbonyl (C=O) groups is 1. The van der Waals surface area contributed by atoms with Crippen molar-refractivity contribution in [1.29, 1.82) is 0 Å². The molecule has 0 unspecified atom stereocenters. The zero-order valence-corrected chi connectivity index (χ0v) is 12.4. The van der Waals surface area contributed by atoms with Crippen LogP contribution in [0.1, 0.15) is 12.8 Å². The van der Waals surface area contributed by atoms with E-state index in [1.54, 1.807) is 25.2 Å². The van der Waals surface area contributed by atoms with Gasteiger partial charge in [-0.1, -0.05) is 0 Å². The van der Waals surface area contributed by atoms with Crippen LogP contribution in [0.15, 0.2) is 23.4 Å². The summed E-state index contributed by atoms with van der Waals surface area (Å²) in [4.78, 5) is 20.2. The molecule has 0 radical (unpaired) electrons. The number of rotatable bonds is 4. The SMILES string of the molecule is CN(C(=O)CS(=O)(=O)c1nc2ccc(N)cc2[nH]1)C1CC1. The summed E-state index contributed by atoms with van der Waals surface area (Å²) >= 11 is 0. The van der Waals surface area contributed by atoms with Gasteiger partial charge in [0.05, 0.1) is 11.0 Å². The number of amides is 1. The van der Waals surface area contributed by atoms with Crippen LogP contribution in [0.4, 0.5) is 5.69 Å². The molecule has 1 aromatic heterocycles. The predicted octanol–water partition coefficient (Wildman–Crippen LogP) is 0.540. The fourth-order valence-electron chi connectivity index (χ4n) is 2.15. The number of nitrogens with zero attached hydrogens (tertiary/aromatic N) is 2. The molecule has 1 aliphatic carbocycles. The van der Waals surface area contributed by atoms with Gasteiger partial charge in [0, 0.05) is 18.8 Å². The second-order valence-electron chi connectivity index (χ2n) is 5.31. The number of fused-ring (bicyclic) bond motifs is 1. The number of nitrogen functional groups attached to an aromatic ring is 1. The molecule has 7 nitrogen and oxygen atoms in total. The van der Waals surface area contributed by atoms with Crippen molar-refractivity contribution in [2.75, 3.05) is 18.5 Å². The fraction of sp³-hybridized carbons (Fsp3) is 0.385. The minimum Gasteiger partial charge on any atom is -0.399 e. The van der Waals surface area contributed by atoms with E-state index in [9.17, 15) is 13.2 Å². The molecule has 21 heavy (non-hydrogen) atoms. The van der Waals surface area contributed by atoms with Gasteiger partial charge < -0.3 is 15.6 Å². The first-order chi connectivity index (χ1) is 9.87. The summed E-state index contributed by atoms with van der Waals surface area (Å²) in [5, 5.41) is -0.194. The molecule has 1 saturated carbocycles. The van der Waals surface area contributed by atoms with Gasteiger partial charge >= 0.3 is 0 Å². The Morgan fingerprint density at radius 3 is 2.86 bits per heavy atom. The summed E-state index contributed by atoms with van der Waals surface area (Å²) < 4.78 is 24.5. The Labute approximate surface area is 122 Å². The number of hydrogen-bond donors (Lipinski definition) is 2. The van der Waals surface area contributed by atoms with Crippen LogP contribution in [0.2, 0.25) is 0 Å². The fourth-order valence-corrected chi connectivity index (χ4v) is 3.32. The van der Waals surface area contributed by atoms with E-state index < -0.39 is 21.5 Å². The van der Waals surface area contributed by atoms with Crippen molar-refractivity contribution in [2.24, 2.45) is 0 Å². The second-order valence-corrected chi connectivity index (χ2v) is 7.22. The first-order valence-corrected chi connectivity index (χ1v) is 8.26. The molecule has 1 aliphatic rings. The maximum Gasteiger partial charge on any atom is 0.238 e. The lowest BCUT2D eigenvalue weighted by Crippen LogP contribution is -2.34. The van der Waals surface area contributed by atoms with E-state index in [1.807, 2.05) is 0 Å². The van der Waals surface area contributed by atoms with Crippen molar-refractivity contribution < 1.29 is 13.2 Å². The average Bonchev–Trinajstić information content (AvgIpc) is 3.16. The standard InChI is InChI=1S/C13H16N4O3S/c1-17(9-3-4-9)12(18)7-21(19,20)13-15-10-5-2-8(14)6-11(10)16-13/h2,5-6,9H,3-4,7,14H2,1H3,(H,15,16). The number of anilines is 1. The lowest BCUT2D eigenvalue weighted by atomic mass is 10.3. The molecule has 112 valence electrons. The maximum absolute atomic E-state index is 12.3. The van der Waals surface area contributed by atoms with Gasteiger partial charge in [0.25, 0.3) is 0 Å². The van der Waals surface area contributed by atoms with Crippen LogP contribution >= 0.6 is 0 Å². The van der Waals surface area contributed by atoms with Crippen LogP contribution < -0.4 is 5.73 Å². The number of nitrogens with one attached hydrogen (secondary N) is 1.